The van der Waals surface area contributed by atoms with E-state index in [1.165, 1.54) is 88.3 Å². The standard InChI is InChI=1S/C59H48N2O2/c1-3-38-36-51(60-50(39-15-6-4-7-16-39)29-25-37(2)58(38)42-28-32-55-48(35-42)45-20-11-13-23-54(45)62-55)46-21-14-24-57-59(46)49-34-41(27-31-56(49)63-57)40-26-30-53-47(33-40)44-19-10-12-22-52(44)61(53)43-17-8-5-9-18-43/h4-24,26-28,30-33,35,38,41,51H,3,25,29,34,36H2,1-2H3. The number of hydrogen-bond donors (Lipinski definition) is 0. The highest BCUT2D eigenvalue weighted by molar-refractivity contribution is 6.10. The number of aliphatic imine (C=N–C) groups is 1. The second-order valence-corrected chi connectivity index (χ2v) is 17.6. The minimum absolute atomic E-state index is 0.0697. The van der Waals surface area contributed by atoms with Gasteiger partial charge in [-0.25, -0.2) is 0 Å². The SMILES string of the molecule is CCC1CC(c2cccc3oc4c(c23)CC(c2ccc3c(c2)c2ccccc2n3-c2ccccc2)C=C4)N=C(c2ccccc2)CCC(C)=C1c1ccc2oc3ccccc3c2c1. The molecule has 0 spiro atoms. The fourth-order valence-electron chi connectivity index (χ4n) is 10.9. The number of hydrogen-bond acceptors (Lipinski definition) is 3. The lowest BCUT2D eigenvalue weighted by atomic mass is 9.80. The van der Waals surface area contributed by atoms with Crippen LogP contribution in [0.3, 0.4) is 0 Å². The average molecular weight is 817 g/mol. The molecule has 1 aliphatic carbocycles. The van der Waals surface area contributed by atoms with Crippen LogP contribution in [0, 0.1) is 5.92 Å². The van der Waals surface area contributed by atoms with Crippen molar-refractivity contribution in [1.29, 1.82) is 0 Å². The second-order valence-electron chi connectivity index (χ2n) is 17.6. The summed E-state index contributed by atoms with van der Waals surface area (Å²) >= 11 is 0. The third kappa shape index (κ3) is 6.38. The van der Waals surface area contributed by atoms with E-state index >= 15 is 0 Å². The Hall–Kier alpha value is -7.17. The summed E-state index contributed by atoms with van der Waals surface area (Å²) in [5.41, 5.74) is 16.8. The Morgan fingerprint density at radius 1 is 0.619 bits per heavy atom. The van der Waals surface area contributed by atoms with E-state index in [0.717, 1.165) is 54.6 Å². The Bertz CT molecular complexity index is 3470. The van der Waals surface area contributed by atoms with E-state index in [9.17, 15) is 0 Å². The number of fused-ring (bicyclic) bond motifs is 9. The summed E-state index contributed by atoms with van der Waals surface area (Å²) < 4.78 is 15.4. The van der Waals surface area contributed by atoms with Crippen molar-refractivity contribution in [3.63, 3.8) is 0 Å². The van der Waals surface area contributed by atoms with Crippen LogP contribution in [0.25, 0.3) is 72.1 Å². The fraction of sp³-hybridized carbons (Fsp3) is 0.169. The molecule has 63 heavy (non-hydrogen) atoms. The Kier molecular flexibility index (Phi) is 9.14. The zero-order valence-electron chi connectivity index (χ0n) is 35.7. The van der Waals surface area contributed by atoms with Crippen LogP contribution in [0.15, 0.2) is 189 Å². The topological polar surface area (TPSA) is 43.6 Å². The minimum atomic E-state index is -0.0697. The van der Waals surface area contributed by atoms with Gasteiger partial charge < -0.3 is 13.4 Å². The number of nitrogens with zero attached hydrogens (tertiary/aromatic N) is 2. The highest BCUT2D eigenvalue weighted by Gasteiger charge is 2.30. The summed E-state index contributed by atoms with van der Waals surface area (Å²) in [7, 11) is 0. The first kappa shape index (κ1) is 37.6. The van der Waals surface area contributed by atoms with Crippen LogP contribution in [0.1, 0.15) is 85.1 Å². The molecule has 0 bridgehead atoms. The number of benzene rings is 7. The molecule has 3 unspecified atom stereocenters. The molecule has 0 N–H and O–H groups in total. The maximum atomic E-state index is 6.75. The van der Waals surface area contributed by atoms with Crippen molar-refractivity contribution in [3.8, 4) is 5.69 Å². The summed E-state index contributed by atoms with van der Waals surface area (Å²) in [6, 6.07) is 59.3. The first-order chi connectivity index (χ1) is 31.1. The zero-order chi connectivity index (χ0) is 42.0. The predicted octanol–water partition coefficient (Wildman–Crippen LogP) is 16.0. The third-order valence-electron chi connectivity index (χ3n) is 14.0. The minimum Gasteiger partial charge on any atom is -0.456 e. The lowest BCUT2D eigenvalue weighted by Gasteiger charge is -2.26. The van der Waals surface area contributed by atoms with Crippen LogP contribution >= 0.6 is 0 Å². The van der Waals surface area contributed by atoms with E-state index in [2.05, 4.69) is 188 Å². The van der Waals surface area contributed by atoms with Crippen LogP contribution in [0.5, 0.6) is 0 Å². The summed E-state index contributed by atoms with van der Waals surface area (Å²) in [4.78, 5) is 5.84. The molecule has 4 heterocycles. The van der Waals surface area contributed by atoms with Crippen molar-refractivity contribution < 1.29 is 8.83 Å². The lowest BCUT2D eigenvalue weighted by molar-refractivity contribution is 0.518. The van der Waals surface area contributed by atoms with E-state index in [0.29, 0.717) is 5.92 Å². The number of rotatable bonds is 6. The Morgan fingerprint density at radius 2 is 1.37 bits per heavy atom. The summed E-state index contributed by atoms with van der Waals surface area (Å²) in [5.74, 6) is 1.46. The van der Waals surface area contributed by atoms with Gasteiger partial charge in [-0.2, -0.15) is 0 Å². The van der Waals surface area contributed by atoms with E-state index in [4.69, 9.17) is 13.8 Å². The molecule has 10 aromatic rings. The zero-order valence-corrected chi connectivity index (χ0v) is 35.7. The first-order valence-corrected chi connectivity index (χ1v) is 22.6. The van der Waals surface area contributed by atoms with Crippen molar-refractivity contribution in [2.24, 2.45) is 10.9 Å². The smallest absolute Gasteiger partial charge is 0.135 e. The van der Waals surface area contributed by atoms with Crippen molar-refractivity contribution in [2.75, 3.05) is 0 Å². The first-order valence-electron chi connectivity index (χ1n) is 22.6. The molecule has 0 amide bonds. The molecule has 1 aliphatic heterocycles. The van der Waals surface area contributed by atoms with Gasteiger partial charge in [0, 0.05) is 49.8 Å². The van der Waals surface area contributed by atoms with Crippen LogP contribution in [-0.2, 0) is 6.42 Å². The summed E-state index contributed by atoms with van der Waals surface area (Å²) in [6.45, 7) is 4.71. The van der Waals surface area contributed by atoms with Crippen LogP contribution in [0.4, 0.5) is 0 Å². The Balaban J connectivity index is 0.965. The highest BCUT2D eigenvalue weighted by Crippen LogP contribution is 2.46. The molecular weight excluding hydrogens is 769 g/mol. The van der Waals surface area contributed by atoms with Gasteiger partial charge in [-0.3, -0.25) is 4.99 Å². The number of furan rings is 2. The molecule has 306 valence electrons. The van der Waals surface area contributed by atoms with Gasteiger partial charge >= 0.3 is 0 Å². The molecule has 4 heteroatoms. The molecule has 0 saturated carbocycles. The van der Waals surface area contributed by atoms with Crippen LogP contribution in [0.2, 0.25) is 0 Å². The Labute approximate surface area is 367 Å². The van der Waals surface area contributed by atoms with Crippen molar-refractivity contribution in [2.45, 2.75) is 57.9 Å². The molecule has 4 nitrogen and oxygen atoms in total. The van der Waals surface area contributed by atoms with Gasteiger partial charge in [0.05, 0.1) is 17.1 Å². The second kappa shape index (κ2) is 15.3. The van der Waals surface area contributed by atoms with Gasteiger partial charge in [0.2, 0.25) is 0 Å². The molecule has 0 fully saturated rings. The number of aromatic nitrogens is 1. The number of allylic oxidation sites excluding steroid dienone is 3. The van der Waals surface area contributed by atoms with E-state index in [-0.39, 0.29) is 12.0 Å². The van der Waals surface area contributed by atoms with Gasteiger partial charge in [-0.15, -0.1) is 0 Å². The van der Waals surface area contributed by atoms with Crippen LogP contribution in [-0.4, -0.2) is 10.3 Å². The molecular formula is C59H48N2O2. The Morgan fingerprint density at radius 3 is 2.22 bits per heavy atom. The van der Waals surface area contributed by atoms with E-state index in [1.54, 1.807) is 0 Å². The monoisotopic (exact) mass is 816 g/mol. The van der Waals surface area contributed by atoms with Gasteiger partial charge in [-0.1, -0.05) is 128 Å². The molecule has 0 saturated heterocycles. The molecule has 3 aromatic heterocycles. The summed E-state index contributed by atoms with van der Waals surface area (Å²) in [6.07, 6.45) is 9.16. The van der Waals surface area contributed by atoms with Gasteiger partial charge in [0.15, 0.2) is 0 Å². The lowest BCUT2D eigenvalue weighted by Crippen LogP contribution is -2.11. The van der Waals surface area contributed by atoms with Crippen molar-refractivity contribution in [1.82, 2.24) is 4.57 Å². The molecule has 3 atom stereocenters. The largest absolute Gasteiger partial charge is 0.456 e. The molecule has 12 rings (SSSR count). The van der Waals surface area contributed by atoms with Crippen molar-refractivity contribution >= 4 is 72.1 Å². The third-order valence-corrected chi connectivity index (χ3v) is 14.0. The van der Waals surface area contributed by atoms with Gasteiger partial charge in [-0.05, 0) is 133 Å². The molecule has 7 aromatic carbocycles. The van der Waals surface area contributed by atoms with Gasteiger partial charge in [0.1, 0.15) is 22.5 Å². The predicted molar refractivity (Wildman–Crippen MR) is 262 cm³/mol. The van der Waals surface area contributed by atoms with E-state index in [1.807, 2.05) is 6.07 Å². The van der Waals surface area contributed by atoms with E-state index < -0.39 is 0 Å². The summed E-state index contributed by atoms with van der Waals surface area (Å²) in [5, 5.41) is 6.12. The number of para-hydroxylation sites is 3. The molecule has 0 radical (unpaired) electrons. The van der Waals surface area contributed by atoms with Crippen LogP contribution < -0.4 is 0 Å². The quantitative estimate of drug-likeness (QED) is 0.168. The normalized spacial score (nSPS) is 18.3. The average Bonchev–Trinajstić information content (AvgIpc) is 4.02. The van der Waals surface area contributed by atoms with Crippen molar-refractivity contribution in [3.05, 3.63) is 209 Å². The van der Waals surface area contributed by atoms with Gasteiger partial charge in [0.25, 0.3) is 0 Å². The maximum absolute atomic E-state index is 6.75. The maximum Gasteiger partial charge on any atom is 0.135 e. The molecule has 2 aliphatic rings. The highest BCUT2D eigenvalue weighted by atomic mass is 16.3. The fourth-order valence-corrected chi connectivity index (χ4v) is 10.9.